The van der Waals surface area contributed by atoms with E-state index >= 15 is 0 Å². The molecule has 0 bridgehead atoms. The number of ether oxygens (including phenoxy) is 1. The van der Waals surface area contributed by atoms with Crippen molar-refractivity contribution in [3.8, 4) is 0 Å². The van der Waals surface area contributed by atoms with Gasteiger partial charge >= 0.3 is 18.2 Å². The molecule has 0 aliphatic carbocycles. The number of carbonyl (C=O) groups excluding carboxylic acids is 2. The minimum atomic E-state index is -5.04. The Morgan fingerprint density at radius 2 is 1.77 bits per heavy atom. The van der Waals surface area contributed by atoms with Crippen molar-refractivity contribution in [2.75, 3.05) is 19.7 Å². The highest BCUT2D eigenvalue weighted by atomic mass is 19.4. The first-order chi connectivity index (χ1) is 12.1. The largest absolute Gasteiger partial charge is 0.471 e. The van der Waals surface area contributed by atoms with E-state index in [0.29, 0.717) is 16.9 Å². The van der Waals surface area contributed by atoms with Gasteiger partial charge in [0.05, 0.1) is 12.6 Å². The van der Waals surface area contributed by atoms with Gasteiger partial charge in [-0.25, -0.2) is 9.18 Å². The molecule has 9 heteroatoms. The predicted molar refractivity (Wildman–Crippen MR) is 84.7 cm³/mol. The van der Waals surface area contributed by atoms with E-state index in [1.54, 1.807) is 6.92 Å². The van der Waals surface area contributed by atoms with Crippen molar-refractivity contribution in [2.45, 2.75) is 38.5 Å². The summed E-state index contributed by atoms with van der Waals surface area (Å²) in [6.45, 7) is 3.08. The van der Waals surface area contributed by atoms with Crippen molar-refractivity contribution in [2.24, 2.45) is 0 Å². The van der Waals surface area contributed by atoms with E-state index in [2.05, 4.69) is 0 Å². The number of carbonyl (C=O) groups is 2. The highest BCUT2D eigenvalue weighted by Gasteiger charge is 2.48. The number of rotatable bonds is 3. The molecule has 0 radical (unpaired) electrons. The molecule has 2 amide bonds. The second-order valence-electron chi connectivity index (χ2n) is 6.14. The van der Waals surface area contributed by atoms with E-state index in [9.17, 15) is 27.2 Å². The molecule has 5 nitrogen and oxygen atoms in total. The summed E-state index contributed by atoms with van der Waals surface area (Å²) in [6.07, 6.45) is -5.08. The van der Waals surface area contributed by atoms with Crippen LogP contribution in [0.1, 0.15) is 31.9 Å². The average Bonchev–Trinajstić information content (AvgIpc) is 2.58. The lowest BCUT2D eigenvalue weighted by molar-refractivity contribution is -0.191. The van der Waals surface area contributed by atoms with Crippen molar-refractivity contribution in [3.63, 3.8) is 0 Å². The topological polar surface area (TPSA) is 49.9 Å². The molecule has 1 aliphatic rings. The van der Waals surface area contributed by atoms with Crippen molar-refractivity contribution in [3.05, 3.63) is 35.6 Å². The van der Waals surface area contributed by atoms with E-state index in [-0.39, 0.29) is 19.7 Å². The van der Waals surface area contributed by atoms with Gasteiger partial charge in [0.15, 0.2) is 0 Å². The first-order valence-corrected chi connectivity index (χ1v) is 8.21. The third-order valence-corrected chi connectivity index (χ3v) is 4.16. The number of amides is 2. The van der Waals surface area contributed by atoms with Crippen molar-refractivity contribution >= 4 is 12.0 Å². The quantitative estimate of drug-likeness (QED) is 0.759. The van der Waals surface area contributed by atoms with Gasteiger partial charge in [-0.3, -0.25) is 4.79 Å². The molecule has 0 saturated carbocycles. The van der Waals surface area contributed by atoms with E-state index < -0.39 is 36.1 Å². The van der Waals surface area contributed by atoms with Crippen molar-refractivity contribution in [1.29, 1.82) is 0 Å². The summed E-state index contributed by atoms with van der Waals surface area (Å²) in [5.41, 5.74) is 0.309. The molecule has 2 rings (SSSR count). The summed E-state index contributed by atoms with van der Waals surface area (Å²) >= 11 is 0. The molecule has 1 saturated heterocycles. The molecule has 1 fully saturated rings. The minimum absolute atomic E-state index is 0.169. The van der Waals surface area contributed by atoms with Crippen LogP contribution < -0.4 is 0 Å². The van der Waals surface area contributed by atoms with Crippen LogP contribution in [0.5, 0.6) is 0 Å². The molecule has 1 heterocycles. The molecule has 0 N–H and O–H groups in total. The van der Waals surface area contributed by atoms with E-state index in [0.717, 1.165) is 12.1 Å². The van der Waals surface area contributed by atoms with Crippen molar-refractivity contribution < 1.29 is 31.9 Å². The van der Waals surface area contributed by atoms with Crippen LogP contribution in [0.2, 0.25) is 0 Å². The van der Waals surface area contributed by atoms with E-state index in [1.165, 1.54) is 17.0 Å². The molecule has 1 aromatic carbocycles. The van der Waals surface area contributed by atoms with Crippen LogP contribution in [-0.2, 0) is 9.53 Å². The number of hydrogen-bond donors (Lipinski definition) is 0. The Hall–Kier alpha value is -2.32. The fraction of sp³-hybridized carbons (Fsp3) is 0.529. The van der Waals surface area contributed by atoms with Crippen LogP contribution in [0.4, 0.5) is 22.4 Å². The molecule has 144 valence electrons. The van der Waals surface area contributed by atoms with Gasteiger partial charge in [-0.05, 0) is 31.0 Å². The summed E-state index contributed by atoms with van der Waals surface area (Å²) in [7, 11) is 0. The van der Waals surface area contributed by atoms with Crippen LogP contribution in [0.25, 0.3) is 0 Å². The molecule has 0 aromatic heterocycles. The third-order valence-electron chi connectivity index (χ3n) is 4.16. The lowest BCUT2D eigenvalue weighted by atomic mass is 9.99. The van der Waals surface area contributed by atoms with Gasteiger partial charge in [-0.2, -0.15) is 13.2 Å². The molecule has 2 atom stereocenters. The Morgan fingerprint density at radius 1 is 1.15 bits per heavy atom. The number of hydrogen-bond acceptors (Lipinski definition) is 3. The summed E-state index contributed by atoms with van der Waals surface area (Å²) < 4.78 is 57.2. The molecule has 0 spiro atoms. The summed E-state index contributed by atoms with van der Waals surface area (Å²) in [4.78, 5) is 26.0. The number of halogens is 4. The smallest absolute Gasteiger partial charge is 0.449 e. The minimum Gasteiger partial charge on any atom is -0.449 e. The third kappa shape index (κ3) is 4.44. The van der Waals surface area contributed by atoms with Gasteiger partial charge in [0.1, 0.15) is 5.82 Å². The predicted octanol–water partition coefficient (Wildman–Crippen LogP) is 3.51. The Kier molecular flexibility index (Phi) is 6.09. The summed E-state index contributed by atoms with van der Waals surface area (Å²) in [6, 6.07) is 3.12. The van der Waals surface area contributed by atoms with Gasteiger partial charge in [0, 0.05) is 19.1 Å². The Morgan fingerprint density at radius 3 is 2.31 bits per heavy atom. The molecular weight excluding hydrogens is 356 g/mol. The summed E-state index contributed by atoms with van der Waals surface area (Å²) in [5, 5.41) is 0. The maximum atomic E-state index is 13.2. The fourth-order valence-corrected chi connectivity index (χ4v) is 2.86. The first-order valence-electron chi connectivity index (χ1n) is 8.21. The molecule has 2 unspecified atom stereocenters. The number of alkyl halides is 3. The Balaban J connectivity index is 2.32. The van der Waals surface area contributed by atoms with E-state index in [4.69, 9.17) is 4.74 Å². The second-order valence-corrected chi connectivity index (χ2v) is 6.14. The Bertz CT molecular complexity index is 648. The van der Waals surface area contributed by atoms with Gasteiger partial charge in [0.2, 0.25) is 0 Å². The maximum Gasteiger partial charge on any atom is 0.471 e. The van der Waals surface area contributed by atoms with Crippen LogP contribution in [0.15, 0.2) is 24.3 Å². The number of benzene rings is 1. The van der Waals surface area contributed by atoms with Gasteiger partial charge < -0.3 is 14.5 Å². The van der Waals surface area contributed by atoms with Crippen LogP contribution >= 0.6 is 0 Å². The number of nitrogens with zero attached hydrogens (tertiary/aromatic N) is 2. The second kappa shape index (κ2) is 7.92. The van der Waals surface area contributed by atoms with Gasteiger partial charge in [0.25, 0.3) is 0 Å². The number of piperazine rings is 1. The highest BCUT2D eigenvalue weighted by Crippen LogP contribution is 2.32. The average molecular weight is 376 g/mol. The van der Waals surface area contributed by atoms with Gasteiger partial charge in [-0.15, -0.1) is 0 Å². The highest BCUT2D eigenvalue weighted by molar-refractivity contribution is 5.83. The fourth-order valence-electron chi connectivity index (χ4n) is 2.86. The normalized spacial score (nSPS) is 20.8. The lowest BCUT2D eigenvalue weighted by Crippen LogP contribution is -2.59. The standard InChI is InChI=1S/C17H20F4N2O3/c1-3-8-26-16(25)22-10-14(12-4-6-13(18)7-5-12)23(9-11(22)2)15(24)17(19,20)21/h4-7,11,14H,3,8-10H2,1-2H3. The van der Waals surface area contributed by atoms with Gasteiger partial charge in [-0.1, -0.05) is 19.1 Å². The first kappa shape index (κ1) is 20.0. The van der Waals surface area contributed by atoms with Crippen LogP contribution in [0, 0.1) is 5.82 Å². The monoisotopic (exact) mass is 376 g/mol. The summed E-state index contributed by atoms with van der Waals surface area (Å²) in [5.74, 6) is -2.54. The Labute approximate surface area is 148 Å². The molecule has 26 heavy (non-hydrogen) atoms. The lowest BCUT2D eigenvalue weighted by Gasteiger charge is -2.45. The van der Waals surface area contributed by atoms with Crippen molar-refractivity contribution in [1.82, 2.24) is 9.80 Å². The SMILES string of the molecule is CCCOC(=O)N1CC(c2ccc(F)cc2)N(C(=O)C(F)(F)F)CC1C. The van der Waals surface area contributed by atoms with Crippen LogP contribution in [0.3, 0.4) is 0 Å². The van der Waals surface area contributed by atoms with E-state index in [1.807, 2.05) is 6.92 Å². The zero-order valence-corrected chi connectivity index (χ0v) is 14.4. The van der Waals surface area contributed by atoms with Crippen LogP contribution in [-0.4, -0.2) is 53.7 Å². The molecular formula is C17H20F4N2O3. The molecule has 1 aromatic rings. The molecule has 1 aliphatic heterocycles. The maximum absolute atomic E-state index is 13.2. The zero-order valence-electron chi connectivity index (χ0n) is 14.4. The zero-order chi connectivity index (χ0) is 19.5.